The number of hydrogen-bond acceptors (Lipinski definition) is 4. The minimum Gasteiger partial charge on any atom is -0.478 e. The molecular formula is C13H6Br2F2N2O5. The molecule has 0 aliphatic carbocycles. The summed E-state index contributed by atoms with van der Waals surface area (Å²) in [5.74, 6) is -6.49. The Morgan fingerprint density at radius 1 is 1.08 bits per heavy atom. The zero-order valence-corrected chi connectivity index (χ0v) is 14.5. The Morgan fingerprint density at radius 3 is 2.12 bits per heavy atom. The van der Waals surface area contributed by atoms with Crippen LogP contribution in [0.5, 0.6) is 0 Å². The number of halogens is 4. The van der Waals surface area contributed by atoms with Crippen molar-refractivity contribution in [3.63, 3.8) is 0 Å². The topological polar surface area (TPSA) is 133 Å². The molecule has 0 bridgehead atoms. The van der Waals surface area contributed by atoms with Gasteiger partial charge >= 0.3 is 11.9 Å². The van der Waals surface area contributed by atoms with Crippen LogP contribution in [0.1, 0.15) is 20.7 Å². The van der Waals surface area contributed by atoms with Crippen molar-refractivity contribution in [3.8, 4) is 11.1 Å². The quantitative estimate of drug-likeness (QED) is 0.405. The van der Waals surface area contributed by atoms with E-state index in [1.807, 2.05) is 4.98 Å². The highest BCUT2D eigenvalue weighted by Crippen LogP contribution is 2.40. The molecule has 0 spiro atoms. The number of nitrogens with one attached hydrogen (secondary N) is 1. The number of nitrogens with two attached hydrogens (primary N) is 1. The van der Waals surface area contributed by atoms with Crippen LogP contribution < -0.4 is 11.3 Å². The van der Waals surface area contributed by atoms with Crippen molar-refractivity contribution in [3.05, 3.63) is 48.1 Å². The highest BCUT2D eigenvalue weighted by atomic mass is 79.9. The third kappa shape index (κ3) is 2.80. The van der Waals surface area contributed by atoms with Crippen molar-refractivity contribution >= 4 is 49.6 Å². The Labute approximate surface area is 148 Å². The summed E-state index contributed by atoms with van der Waals surface area (Å²) in [6.07, 6.45) is 0. The second kappa shape index (κ2) is 6.32. The van der Waals surface area contributed by atoms with Gasteiger partial charge in [-0.05, 0) is 37.9 Å². The molecule has 11 heteroatoms. The van der Waals surface area contributed by atoms with Crippen LogP contribution in [0, 0.1) is 11.6 Å². The lowest BCUT2D eigenvalue weighted by Crippen LogP contribution is -2.24. The van der Waals surface area contributed by atoms with Crippen LogP contribution in [0.3, 0.4) is 0 Å². The zero-order chi connectivity index (χ0) is 18.3. The van der Waals surface area contributed by atoms with Crippen LogP contribution >= 0.6 is 31.9 Å². The summed E-state index contributed by atoms with van der Waals surface area (Å²) in [5, 5.41) is 18.5. The molecule has 1 aromatic heterocycles. The van der Waals surface area contributed by atoms with E-state index in [1.54, 1.807) is 0 Å². The van der Waals surface area contributed by atoms with Gasteiger partial charge in [-0.25, -0.2) is 18.4 Å². The molecule has 0 saturated heterocycles. The molecule has 0 atom stereocenters. The number of H-pyrrole nitrogens is 1. The van der Waals surface area contributed by atoms with Gasteiger partial charge in [0.15, 0.2) is 0 Å². The van der Waals surface area contributed by atoms with Gasteiger partial charge in [-0.15, -0.1) is 0 Å². The largest absolute Gasteiger partial charge is 0.478 e. The molecule has 0 aliphatic heterocycles. The summed E-state index contributed by atoms with van der Waals surface area (Å²) in [5.41, 5.74) is 0.939. The molecule has 0 amide bonds. The number of nitrogen functional groups attached to an aromatic ring is 1. The first-order valence-corrected chi connectivity index (χ1v) is 7.52. The zero-order valence-electron chi connectivity index (χ0n) is 11.3. The number of rotatable bonds is 3. The van der Waals surface area contributed by atoms with Gasteiger partial charge in [0, 0.05) is 15.6 Å². The molecule has 24 heavy (non-hydrogen) atoms. The monoisotopic (exact) mass is 466 g/mol. The van der Waals surface area contributed by atoms with E-state index in [4.69, 9.17) is 5.73 Å². The fraction of sp³-hybridized carbons (Fsp3) is 0. The smallest absolute Gasteiger partial charge is 0.342 e. The van der Waals surface area contributed by atoms with Crippen LogP contribution in [0.4, 0.5) is 14.6 Å². The SMILES string of the molecule is Nc1[nH]c(=O)c(C(=O)O)c(-c2c(Br)cc(F)c(Br)c2F)c1C(=O)O. The predicted octanol–water partition coefficient (Wildman–Crippen LogP) is 2.82. The summed E-state index contributed by atoms with van der Waals surface area (Å²) in [7, 11) is 0. The van der Waals surface area contributed by atoms with E-state index in [2.05, 4.69) is 31.9 Å². The molecule has 0 aliphatic rings. The number of pyridine rings is 1. The molecule has 0 fully saturated rings. The van der Waals surface area contributed by atoms with Gasteiger partial charge in [-0.2, -0.15) is 0 Å². The number of aromatic nitrogens is 1. The molecule has 2 aromatic rings. The first-order chi connectivity index (χ1) is 11.1. The normalized spacial score (nSPS) is 10.7. The van der Waals surface area contributed by atoms with E-state index in [0.29, 0.717) is 0 Å². The van der Waals surface area contributed by atoms with Crippen molar-refractivity contribution < 1.29 is 28.6 Å². The van der Waals surface area contributed by atoms with Crippen LogP contribution in [0.25, 0.3) is 11.1 Å². The number of anilines is 1. The van der Waals surface area contributed by atoms with Gasteiger partial charge in [0.1, 0.15) is 28.6 Å². The molecule has 1 heterocycles. The highest BCUT2D eigenvalue weighted by Gasteiger charge is 2.31. The number of carbonyl (C=O) groups is 2. The lowest BCUT2D eigenvalue weighted by molar-refractivity contribution is 0.0695. The minimum atomic E-state index is -1.81. The van der Waals surface area contributed by atoms with E-state index >= 15 is 0 Å². The lowest BCUT2D eigenvalue weighted by Gasteiger charge is -2.15. The van der Waals surface area contributed by atoms with Crippen LogP contribution in [0.15, 0.2) is 19.8 Å². The van der Waals surface area contributed by atoms with Gasteiger partial charge in [-0.3, -0.25) is 4.79 Å². The van der Waals surface area contributed by atoms with Gasteiger partial charge in [0.2, 0.25) is 0 Å². The number of aromatic amines is 1. The average Bonchev–Trinajstić information content (AvgIpc) is 2.43. The Morgan fingerprint density at radius 2 is 1.62 bits per heavy atom. The second-order valence-corrected chi connectivity index (χ2v) is 6.09. The van der Waals surface area contributed by atoms with Crippen LogP contribution in [-0.2, 0) is 0 Å². The van der Waals surface area contributed by atoms with E-state index in [0.717, 1.165) is 6.07 Å². The standard InChI is InChI=1S/C13H6Br2F2N2O5/c14-2-1-3(16)8(15)9(17)4(2)5-6(12(21)22)10(18)19-11(20)7(5)13(23)24/h1H,(H,21,22)(H,23,24)(H3,18,19,20). The maximum absolute atomic E-state index is 14.5. The second-order valence-electron chi connectivity index (χ2n) is 4.45. The van der Waals surface area contributed by atoms with Crippen molar-refractivity contribution in [2.45, 2.75) is 0 Å². The lowest BCUT2D eigenvalue weighted by atomic mass is 9.95. The highest BCUT2D eigenvalue weighted by molar-refractivity contribution is 9.11. The number of aromatic carboxylic acids is 2. The first kappa shape index (κ1) is 18.1. The first-order valence-electron chi connectivity index (χ1n) is 5.93. The van der Waals surface area contributed by atoms with E-state index in [-0.39, 0.29) is 4.47 Å². The summed E-state index contributed by atoms with van der Waals surface area (Å²) in [6.45, 7) is 0. The molecule has 5 N–H and O–H groups in total. The molecule has 0 unspecified atom stereocenters. The van der Waals surface area contributed by atoms with E-state index < -0.39 is 61.7 Å². The molecule has 0 saturated carbocycles. The van der Waals surface area contributed by atoms with Gasteiger partial charge in [-0.1, -0.05) is 0 Å². The molecule has 7 nitrogen and oxygen atoms in total. The summed E-state index contributed by atoms with van der Waals surface area (Å²) < 4.78 is 27.1. The maximum atomic E-state index is 14.5. The molecule has 0 radical (unpaired) electrons. The summed E-state index contributed by atoms with van der Waals surface area (Å²) in [6, 6.07) is 0.789. The van der Waals surface area contributed by atoms with Gasteiger partial charge in [0.05, 0.1) is 4.47 Å². The third-order valence-corrected chi connectivity index (χ3v) is 4.39. The third-order valence-electron chi connectivity index (χ3n) is 3.04. The van der Waals surface area contributed by atoms with Crippen molar-refractivity contribution in [1.29, 1.82) is 0 Å². The Bertz CT molecular complexity index is 959. The fourth-order valence-corrected chi connectivity index (χ4v) is 2.98. The maximum Gasteiger partial charge on any atom is 0.342 e. The van der Waals surface area contributed by atoms with Crippen LogP contribution in [-0.4, -0.2) is 27.1 Å². The minimum absolute atomic E-state index is 0.296. The van der Waals surface area contributed by atoms with Crippen LogP contribution in [0.2, 0.25) is 0 Å². The Hall–Kier alpha value is -2.27. The number of carboxylic acids is 2. The Kier molecular flexibility index (Phi) is 4.76. The average molecular weight is 468 g/mol. The van der Waals surface area contributed by atoms with Gasteiger partial charge < -0.3 is 20.9 Å². The molecule has 2 rings (SSSR count). The van der Waals surface area contributed by atoms with Crippen molar-refractivity contribution in [1.82, 2.24) is 4.98 Å². The van der Waals surface area contributed by atoms with E-state index in [1.165, 1.54) is 0 Å². The predicted molar refractivity (Wildman–Crippen MR) is 86.1 cm³/mol. The number of benzene rings is 1. The molecule has 126 valence electrons. The molecule has 1 aromatic carbocycles. The van der Waals surface area contributed by atoms with E-state index in [9.17, 15) is 33.4 Å². The summed E-state index contributed by atoms with van der Waals surface area (Å²) in [4.78, 5) is 36.6. The number of hydrogen-bond donors (Lipinski definition) is 4. The van der Waals surface area contributed by atoms with Crippen molar-refractivity contribution in [2.75, 3.05) is 5.73 Å². The molecular weight excluding hydrogens is 462 g/mol. The fourth-order valence-electron chi connectivity index (χ4n) is 2.09. The number of carboxylic acid groups (broad SMARTS) is 2. The Balaban J connectivity index is 3.15. The summed E-state index contributed by atoms with van der Waals surface area (Å²) >= 11 is 5.48. The van der Waals surface area contributed by atoms with Crippen molar-refractivity contribution in [2.24, 2.45) is 0 Å². The van der Waals surface area contributed by atoms with Gasteiger partial charge in [0.25, 0.3) is 5.56 Å².